The van der Waals surface area contributed by atoms with Crippen molar-refractivity contribution in [1.29, 1.82) is 0 Å². The number of rotatable bonds is 0. The van der Waals surface area contributed by atoms with Gasteiger partial charge >= 0.3 is 0 Å². The Morgan fingerprint density at radius 3 is 3.21 bits per heavy atom. The third kappa shape index (κ3) is 0.988. The molecule has 0 bridgehead atoms. The van der Waals surface area contributed by atoms with E-state index in [0.717, 1.165) is 22.2 Å². The van der Waals surface area contributed by atoms with Crippen molar-refractivity contribution in [3.05, 3.63) is 30.6 Å². The first kappa shape index (κ1) is 7.50. The van der Waals surface area contributed by atoms with Crippen molar-refractivity contribution >= 4 is 22.7 Å². The summed E-state index contributed by atoms with van der Waals surface area (Å²) in [5.74, 6) is 0.841. The first-order chi connectivity index (χ1) is 6.95. The van der Waals surface area contributed by atoms with Gasteiger partial charge < -0.3 is 4.74 Å². The largest absolute Gasteiger partial charge is 0.486 e. The Morgan fingerprint density at radius 2 is 2.21 bits per heavy atom. The maximum absolute atomic E-state index is 5.45. The molecule has 3 rings (SSSR count). The zero-order chi connectivity index (χ0) is 9.38. The van der Waals surface area contributed by atoms with Gasteiger partial charge in [-0.2, -0.15) is 0 Å². The summed E-state index contributed by atoms with van der Waals surface area (Å²) < 4.78 is 5.45. The summed E-state index contributed by atoms with van der Waals surface area (Å²) in [4.78, 5) is 8.42. The van der Waals surface area contributed by atoms with Crippen LogP contribution in [-0.4, -0.2) is 17.8 Å². The third-order valence-corrected chi connectivity index (χ3v) is 2.29. The van der Waals surface area contributed by atoms with E-state index >= 15 is 0 Å². The van der Waals surface area contributed by atoms with E-state index in [2.05, 4.69) is 9.98 Å². The molecule has 0 radical (unpaired) electrons. The van der Waals surface area contributed by atoms with Gasteiger partial charge in [0.2, 0.25) is 0 Å². The van der Waals surface area contributed by atoms with Gasteiger partial charge in [0.15, 0.2) is 0 Å². The molecule has 1 aromatic carbocycles. The molecule has 0 N–H and O–H groups in total. The smallest absolute Gasteiger partial charge is 0.146 e. The molecule has 14 heavy (non-hydrogen) atoms. The average Bonchev–Trinajstić information content (AvgIpc) is 2.29. The van der Waals surface area contributed by atoms with Gasteiger partial charge in [-0.1, -0.05) is 6.07 Å². The molecule has 0 atom stereocenters. The molecule has 2 aromatic rings. The Bertz CT molecular complexity index is 520. The third-order valence-electron chi connectivity index (χ3n) is 2.29. The number of nitrogens with zero attached hydrogens (tertiary/aromatic N) is 2. The van der Waals surface area contributed by atoms with E-state index in [9.17, 15) is 0 Å². The predicted molar refractivity (Wildman–Crippen MR) is 55.4 cm³/mol. The van der Waals surface area contributed by atoms with Gasteiger partial charge in [-0.3, -0.25) is 9.98 Å². The van der Waals surface area contributed by atoms with E-state index in [1.165, 1.54) is 0 Å². The monoisotopic (exact) mass is 184 g/mol. The summed E-state index contributed by atoms with van der Waals surface area (Å²) in [5.41, 5.74) is 0.891. The molecule has 1 aliphatic rings. The predicted octanol–water partition coefficient (Wildman–Crippen LogP) is 2.33. The molecule has 0 saturated carbocycles. The van der Waals surface area contributed by atoms with Gasteiger partial charge in [0.1, 0.15) is 18.0 Å². The summed E-state index contributed by atoms with van der Waals surface area (Å²) in [6, 6.07) is 5.95. The standard InChI is InChI=1S/C11H8N2O/c1-2-10-11(13-5-6-14-10)9-7-12-4-3-8(1)9/h1-5,7H,6H2. The van der Waals surface area contributed by atoms with Gasteiger partial charge in [-0.15, -0.1) is 0 Å². The van der Waals surface area contributed by atoms with Crippen LogP contribution in [0.4, 0.5) is 5.69 Å². The fourth-order valence-corrected chi connectivity index (χ4v) is 1.63. The highest BCUT2D eigenvalue weighted by Gasteiger charge is 2.09. The molecule has 3 nitrogen and oxygen atoms in total. The molecule has 0 spiro atoms. The van der Waals surface area contributed by atoms with Gasteiger partial charge in [-0.25, -0.2) is 0 Å². The van der Waals surface area contributed by atoms with Crippen LogP contribution in [0.2, 0.25) is 0 Å². The summed E-state index contributed by atoms with van der Waals surface area (Å²) >= 11 is 0. The molecular weight excluding hydrogens is 176 g/mol. The van der Waals surface area contributed by atoms with Crippen LogP contribution in [0.5, 0.6) is 5.75 Å². The number of benzene rings is 1. The highest BCUT2D eigenvalue weighted by Crippen LogP contribution is 2.36. The number of aromatic nitrogens is 1. The molecule has 0 aliphatic carbocycles. The van der Waals surface area contributed by atoms with Crippen molar-refractivity contribution in [3.63, 3.8) is 0 Å². The van der Waals surface area contributed by atoms with Gasteiger partial charge in [0.25, 0.3) is 0 Å². The van der Waals surface area contributed by atoms with Crippen LogP contribution >= 0.6 is 0 Å². The van der Waals surface area contributed by atoms with Crippen molar-refractivity contribution < 1.29 is 4.74 Å². The lowest BCUT2D eigenvalue weighted by molar-refractivity contribution is 0.377. The molecule has 0 amide bonds. The van der Waals surface area contributed by atoms with E-state index in [0.29, 0.717) is 6.61 Å². The van der Waals surface area contributed by atoms with E-state index in [1.807, 2.05) is 24.4 Å². The Morgan fingerprint density at radius 1 is 1.21 bits per heavy atom. The first-order valence-electron chi connectivity index (χ1n) is 4.47. The zero-order valence-corrected chi connectivity index (χ0v) is 7.47. The van der Waals surface area contributed by atoms with Crippen LogP contribution < -0.4 is 4.74 Å². The highest BCUT2D eigenvalue weighted by molar-refractivity contribution is 5.96. The molecule has 1 aromatic heterocycles. The Hall–Kier alpha value is -1.90. The number of hydrogen-bond donors (Lipinski definition) is 0. The van der Waals surface area contributed by atoms with Crippen LogP contribution in [-0.2, 0) is 0 Å². The minimum Gasteiger partial charge on any atom is -0.486 e. The van der Waals surface area contributed by atoms with Crippen LogP contribution in [0.1, 0.15) is 0 Å². The first-order valence-corrected chi connectivity index (χ1v) is 4.47. The topological polar surface area (TPSA) is 34.5 Å². The Balaban J connectivity index is 2.42. The second-order valence-corrected chi connectivity index (χ2v) is 3.13. The van der Waals surface area contributed by atoms with E-state index in [1.54, 1.807) is 12.4 Å². The van der Waals surface area contributed by atoms with Crippen molar-refractivity contribution in [2.24, 2.45) is 4.99 Å². The lowest BCUT2D eigenvalue weighted by atomic mass is 10.1. The summed E-state index contributed by atoms with van der Waals surface area (Å²) in [7, 11) is 0. The Kier molecular flexibility index (Phi) is 1.50. The highest BCUT2D eigenvalue weighted by atomic mass is 16.5. The zero-order valence-electron chi connectivity index (χ0n) is 7.47. The van der Waals surface area contributed by atoms with Crippen LogP contribution in [0.3, 0.4) is 0 Å². The van der Waals surface area contributed by atoms with Gasteiger partial charge in [0.05, 0.1) is 0 Å². The number of pyridine rings is 1. The Labute approximate surface area is 81.1 Å². The minimum absolute atomic E-state index is 0.554. The quantitative estimate of drug-likeness (QED) is 0.629. The second kappa shape index (κ2) is 2.80. The van der Waals surface area contributed by atoms with E-state index in [-0.39, 0.29) is 0 Å². The summed E-state index contributed by atoms with van der Waals surface area (Å²) in [6.45, 7) is 0.554. The summed E-state index contributed by atoms with van der Waals surface area (Å²) in [5, 5.41) is 2.18. The maximum Gasteiger partial charge on any atom is 0.146 e. The molecule has 0 fully saturated rings. The molecule has 0 saturated heterocycles. The normalized spacial score (nSPS) is 13.7. The SMILES string of the molecule is C1=Nc2c(ccc3ccncc23)OC1. The van der Waals surface area contributed by atoms with Crippen LogP contribution in [0.25, 0.3) is 10.8 Å². The molecule has 2 heterocycles. The van der Waals surface area contributed by atoms with Crippen molar-refractivity contribution in [2.45, 2.75) is 0 Å². The molecule has 0 unspecified atom stereocenters. The summed E-state index contributed by atoms with van der Waals surface area (Å²) in [6.07, 6.45) is 5.37. The molecule has 1 aliphatic heterocycles. The number of ether oxygens (including phenoxy) is 1. The number of fused-ring (bicyclic) bond motifs is 3. The minimum atomic E-state index is 0.554. The van der Waals surface area contributed by atoms with E-state index < -0.39 is 0 Å². The number of aliphatic imine (C=N–C) groups is 1. The lowest BCUT2D eigenvalue weighted by Crippen LogP contribution is -2.02. The van der Waals surface area contributed by atoms with Crippen molar-refractivity contribution in [2.75, 3.05) is 6.61 Å². The molecular formula is C11H8N2O. The fourth-order valence-electron chi connectivity index (χ4n) is 1.63. The van der Waals surface area contributed by atoms with Gasteiger partial charge in [0, 0.05) is 24.0 Å². The lowest BCUT2D eigenvalue weighted by Gasteiger charge is -2.12. The number of hydrogen-bond acceptors (Lipinski definition) is 3. The van der Waals surface area contributed by atoms with Gasteiger partial charge in [-0.05, 0) is 17.5 Å². The second-order valence-electron chi connectivity index (χ2n) is 3.13. The average molecular weight is 184 g/mol. The van der Waals surface area contributed by atoms with E-state index in [4.69, 9.17) is 4.74 Å². The van der Waals surface area contributed by atoms with Crippen LogP contribution in [0, 0.1) is 0 Å². The van der Waals surface area contributed by atoms with Crippen molar-refractivity contribution in [3.8, 4) is 5.75 Å². The molecule has 3 heteroatoms. The molecule has 68 valence electrons. The van der Waals surface area contributed by atoms with Crippen molar-refractivity contribution in [1.82, 2.24) is 4.98 Å². The maximum atomic E-state index is 5.45. The van der Waals surface area contributed by atoms with Crippen LogP contribution in [0.15, 0.2) is 35.6 Å². The fraction of sp³-hybridized carbons (Fsp3) is 0.0909.